The van der Waals surface area contributed by atoms with Crippen LogP contribution in [0.4, 0.5) is 0 Å². The maximum atomic E-state index is 11.0. The molecule has 6 nitrogen and oxygen atoms in total. The highest BCUT2D eigenvalue weighted by atomic mass is 16.5. The highest BCUT2D eigenvalue weighted by Gasteiger charge is 2.24. The number of fused-ring (bicyclic) bond motifs is 3. The minimum Gasteiger partial charge on any atom is -0.481 e. The lowest BCUT2D eigenvalue weighted by molar-refractivity contribution is -0.138. The maximum absolute atomic E-state index is 11.0. The molecule has 0 spiro atoms. The van der Waals surface area contributed by atoms with Crippen molar-refractivity contribution in [3.05, 3.63) is 65.1 Å². The van der Waals surface area contributed by atoms with Gasteiger partial charge in [0, 0.05) is 48.5 Å². The van der Waals surface area contributed by atoms with Crippen molar-refractivity contribution in [2.24, 2.45) is 0 Å². The summed E-state index contributed by atoms with van der Waals surface area (Å²) in [5.74, 6) is -0.846. The van der Waals surface area contributed by atoms with Crippen molar-refractivity contribution in [1.29, 1.82) is 0 Å². The van der Waals surface area contributed by atoms with E-state index in [1.54, 1.807) is 12.4 Å². The van der Waals surface area contributed by atoms with E-state index in [0.29, 0.717) is 6.54 Å². The molecule has 3 aromatic rings. The molecule has 6 heteroatoms. The summed E-state index contributed by atoms with van der Waals surface area (Å²) in [5.41, 5.74) is 6.26. The Morgan fingerprint density at radius 2 is 2.03 bits per heavy atom. The van der Waals surface area contributed by atoms with E-state index in [1.807, 2.05) is 12.1 Å². The fourth-order valence-electron chi connectivity index (χ4n) is 4.19. The lowest BCUT2D eigenvalue weighted by atomic mass is 10.0. The number of carboxylic acids is 1. The van der Waals surface area contributed by atoms with Gasteiger partial charge in [0.2, 0.25) is 0 Å². The number of hydrogen-bond acceptors (Lipinski definition) is 4. The van der Waals surface area contributed by atoms with Crippen molar-refractivity contribution in [2.75, 3.05) is 20.2 Å². The lowest BCUT2D eigenvalue weighted by Gasteiger charge is -2.26. The second kappa shape index (κ2) is 9.41. The number of rotatable bonds is 7. The number of aromatic nitrogens is 2. The minimum absolute atomic E-state index is 0. The third kappa shape index (κ3) is 4.55. The van der Waals surface area contributed by atoms with Gasteiger partial charge in [0.15, 0.2) is 0 Å². The van der Waals surface area contributed by atoms with Crippen LogP contribution in [0.5, 0.6) is 0 Å². The second-order valence-corrected chi connectivity index (χ2v) is 7.83. The number of benzene rings is 1. The van der Waals surface area contributed by atoms with Gasteiger partial charge in [0.05, 0.1) is 19.6 Å². The molecule has 0 saturated carbocycles. The van der Waals surface area contributed by atoms with E-state index in [9.17, 15) is 4.79 Å². The van der Waals surface area contributed by atoms with E-state index in [-0.39, 0.29) is 26.6 Å². The predicted molar refractivity (Wildman–Crippen MR) is 119 cm³/mol. The van der Waals surface area contributed by atoms with E-state index >= 15 is 0 Å². The summed E-state index contributed by atoms with van der Waals surface area (Å²) in [7, 11) is 2.16. The van der Waals surface area contributed by atoms with Gasteiger partial charge >= 0.3 is 5.97 Å². The molecule has 0 radical (unpaired) electrons. The van der Waals surface area contributed by atoms with Gasteiger partial charge in [-0.3, -0.25) is 9.78 Å². The molecule has 3 heterocycles. The van der Waals surface area contributed by atoms with Crippen LogP contribution < -0.4 is 0 Å². The van der Waals surface area contributed by atoms with E-state index in [1.165, 1.54) is 27.7 Å². The zero-order valence-electron chi connectivity index (χ0n) is 17.0. The smallest absolute Gasteiger partial charge is 0.305 e. The van der Waals surface area contributed by atoms with Gasteiger partial charge in [-0.15, -0.1) is 0 Å². The summed E-state index contributed by atoms with van der Waals surface area (Å²) < 4.78 is 8.44. The first-order valence-corrected chi connectivity index (χ1v) is 10.1. The summed E-state index contributed by atoms with van der Waals surface area (Å²) in [5, 5.41) is 10.3. The zero-order valence-corrected chi connectivity index (χ0v) is 17.0. The monoisotopic (exact) mass is 409 g/mol. The fourth-order valence-corrected chi connectivity index (χ4v) is 4.19. The van der Waals surface area contributed by atoms with Crippen LogP contribution in [0.2, 0.25) is 0 Å². The third-order valence-corrected chi connectivity index (χ3v) is 5.66. The van der Waals surface area contributed by atoms with E-state index in [0.717, 1.165) is 25.1 Å². The zero-order chi connectivity index (χ0) is 20.4. The summed E-state index contributed by atoms with van der Waals surface area (Å²) in [4.78, 5) is 17.4. The molecule has 0 bridgehead atoms. The summed E-state index contributed by atoms with van der Waals surface area (Å²) in [6.45, 7) is 4.95. The molecular formula is C24H31N3O3. The Kier molecular flexibility index (Phi) is 6.90. The number of nitrogens with zero attached hydrogens (tertiary/aromatic N) is 3. The molecule has 160 valence electrons. The number of likely N-dealkylation sites (N-methyl/N-ethyl adjacent to an activating group) is 1. The Morgan fingerprint density at radius 3 is 2.77 bits per heavy atom. The summed E-state index contributed by atoms with van der Waals surface area (Å²) >= 11 is 0. The molecule has 1 aliphatic heterocycles. The maximum Gasteiger partial charge on any atom is 0.305 e. The molecule has 4 rings (SSSR count). The molecule has 1 unspecified atom stereocenters. The number of aliphatic carboxylic acids is 1. The van der Waals surface area contributed by atoms with Gasteiger partial charge in [-0.2, -0.15) is 0 Å². The van der Waals surface area contributed by atoms with Crippen LogP contribution in [-0.4, -0.2) is 45.7 Å². The first-order chi connectivity index (χ1) is 14.0. The average molecular weight is 410 g/mol. The predicted octanol–water partition coefficient (Wildman–Crippen LogP) is 4.20. The van der Waals surface area contributed by atoms with Crippen LogP contribution in [0.25, 0.3) is 10.9 Å². The summed E-state index contributed by atoms with van der Waals surface area (Å²) in [6, 6.07) is 10.5. The second-order valence-electron chi connectivity index (χ2n) is 7.83. The number of aryl methyl sites for hydroxylation is 1. The topological polar surface area (TPSA) is 67.6 Å². The van der Waals surface area contributed by atoms with Gasteiger partial charge in [-0.25, -0.2) is 0 Å². The molecule has 1 aliphatic rings. The Balaban J connectivity index is 0.00000256. The van der Waals surface area contributed by atoms with Crippen molar-refractivity contribution >= 4 is 16.9 Å². The third-order valence-electron chi connectivity index (χ3n) is 5.66. The lowest BCUT2D eigenvalue weighted by Crippen LogP contribution is -2.28. The average Bonchev–Trinajstić information content (AvgIpc) is 3.00. The SMILES string of the molecule is C.Cc1ccc2c(c1)c1c(n2CC(OCCC(=O)O)c2ccncc2)CCN(C)C1. The van der Waals surface area contributed by atoms with Crippen LogP contribution in [0.3, 0.4) is 0 Å². The quantitative estimate of drug-likeness (QED) is 0.633. The number of carboxylic acid groups (broad SMARTS) is 1. The van der Waals surface area contributed by atoms with E-state index in [4.69, 9.17) is 9.84 Å². The molecule has 2 aromatic heterocycles. The molecule has 0 amide bonds. The molecule has 1 atom stereocenters. The molecule has 0 aliphatic carbocycles. The van der Waals surface area contributed by atoms with Gasteiger partial charge in [-0.1, -0.05) is 19.1 Å². The van der Waals surface area contributed by atoms with Crippen LogP contribution in [0, 0.1) is 6.92 Å². The molecule has 0 saturated heterocycles. The van der Waals surface area contributed by atoms with Crippen LogP contribution in [0.1, 0.15) is 42.3 Å². The van der Waals surface area contributed by atoms with Crippen molar-refractivity contribution in [2.45, 2.75) is 46.4 Å². The Morgan fingerprint density at radius 1 is 1.27 bits per heavy atom. The van der Waals surface area contributed by atoms with E-state index < -0.39 is 5.97 Å². The Bertz CT molecular complexity index is 1010. The number of carbonyl (C=O) groups is 1. The number of hydrogen-bond donors (Lipinski definition) is 1. The van der Waals surface area contributed by atoms with Crippen LogP contribution in [0.15, 0.2) is 42.7 Å². The van der Waals surface area contributed by atoms with Gasteiger partial charge < -0.3 is 19.3 Å². The first kappa shape index (κ1) is 22.0. The number of pyridine rings is 1. The van der Waals surface area contributed by atoms with Gasteiger partial charge in [-0.05, 0) is 49.4 Å². The largest absolute Gasteiger partial charge is 0.481 e. The number of ether oxygens (including phenoxy) is 1. The summed E-state index contributed by atoms with van der Waals surface area (Å²) in [6.07, 6.45) is 4.28. The first-order valence-electron chi connectivity index (χ1n) is 10.1. The Labute approximate surface area is 178 Å². The highest BCUT2D eigenvalue weighted by Crippen LogP contribution is 2.33. The van der Waals surface area contributed by atoms with Crippen LogP contribution >= 0.6 is 0 Å². The standard InChI is InChI=1S/C23H27N3O3.CH4/c1-16-3-4-20-18(13-16)19-14-25(2)11-7-21(19)26(20)15-22(29-12-8-23(27)28)17-5-9-24-10-6-17;/h3-6,9-10,13,22H,7-8,11-12,14-15H2,1-2H3,(H,27,28);1H4. The van der Waals surface area contributed by atoms with Gasteiger partial charge in [0.25, 0.3) is 0 Å². The Hall–Kier alpha value is -2.70. The molecular weight excluding hydrogens is 378 g/mol. The fraction of sp³-hybridized carbons (Fsp3) is 0.417. The van der Waals surface area contributed by atoms with Crippen LogP contribution in [-0.2, 0) is 29.0 Å². The van der Waals surface area contributed by atoms with E-state index in [2.05, 4.69) is 46.6 Å². The highest BCUT2D eigenvalue weighted by molar-refractivity contribution is 5.86. The minimum atomic E-state index is -0.846. The van der Waals surface area contributed by atoms with Crippen molar-refractivity contribution < 1.29 is 14.6 Å². The van der Waals surface area contributed by atoms with Crippen molar-refractivity contribution in [1.82, 2.24) is 14.5 Å². The normalized spacial score (nSPS) is 14.9. The van der Waals surface area contributed by atoms with Crippen molar-refractivity contribution in [3.8, 4) is 0 Å². The molecule has 0 fully saturated rings. The molecule has 1 N–H and O–H groups in total. The molecule has 30 heavy (non-hydrogen) atoms. The van der Waals surface area contributed by atoms with Gasteiger partial charge in [0.1, 0.15) is 6.10 Å². The van der Waals surface area contributed by atoms with Crippen molar-refractivity contribution in [3.63, 3.8) is 0 Å². The molecule has 1 aromatic carbocycles.